The summed E-state index contributed by atoms with van der Waals surface area (Å²) in [4.78, 5) is 57.3. The van der Waals surface area contributed by atoms with Crippen LogP contribution in [0.2, 0.25) is 0 Å². The fraction of sp³-hybridized carbons (Fsp3) is 0. The van der Waals surface area contributed by atoms with Gasteiger partial charge in [0.05, 0.1) is 22.3 Å². The third-order valence-electron chi connectivity index (χ3n) is 3.08. The van der Waals surface area contributed by atoms with E-state index >= 15 is 0 Å². The maximum absolute atomic E-state index is 12.2. The van der Waals surface area contributed by atoms with Crippen LogP contribution in [0.15, 0.2) is 48.5 Å². The highest BCUT2D eigenvalue weighted by atomic mass is 16.6. The average molecular weight is 342 g/mol. The van der Waals surface area contributed by atoms with Gasteiger partial charge >= 0.3 is 30.3 Å². The molecule has 2 rings (SSSR count). The van der Waals surface area contributed by atoms with Crippen molar-refractivity contribution in [2.45, 2.75) is 0 Å². The molecule has 2 aromatic carbocycles. The Bertz CT molecular complexity index is 868. The first-order valence-electron chi connectivity index (χ1n) is 6.78. The molecule has 0 aliphatic carbocycles. The van der Waals surface area contributed by atoms with E-state index in [9.17, 15) is 24.0 Å². The van der Waals surface area contributed by atoms with E-state index in [4.69, 9.17) is 5.11 Å². The van der Waals surface area contributed by atoms with Crippen LogP contribution in [-0.4, -0.2) is 35.5 Å². The topological polar surface area (TPSA) is 124 Å². The smallest absolute Gasteiger partial charge is 0.346 e. The summed E-state index contributed by atoms with van der Waals surface area (Å²) >= 11 is 0. The van der Waals surface area contributed by atoms with Crippen LogP contribution in [0, 0.1) is 0 Å². The second-order valence-electron chi connectivity index (χ2n) is 4.57. The second kappa shape index (κ2) is 7.64. The quantitative estimate of drug-likeness (QED) is 0.494. The number of ether oxygens (including phenoxy) is 2. The lowest BCUT2D eigenvalue weighted by molar-refractivity contribution is -0.123. The molecule has 0 spiro atoms. The molecule has 0 amide bonds. The van der Waals surface area contributed by atoms with Gasteiger partial charge in [0.2, 0.25) is 0 Å². The average Bonchev–Trinajstić information content (AvgIpc) is 2.61. The molecule has 0 radical (unpaired) electrons. The lowest BCUT2D eigenvalue weighted by atomic mass is 10.1. The van der Waals surface area contributed by atoms with Gasteiger partial charge in [0.25, 0.3) is 0 Å². The van der Waals surface area contributed by atoms with Crippen molar-refractivity contribution in [3.8, 4) is 0 Å². The third kappa shape index (κ3) is 3.94. The number of hydrogen-bond donors (Lipinski definition) is 1. The standard InChI is InChI=1S/C17H10O8/c18-9-24-15(21)12-7-3-4-8-13(12)17(23)25-16(22)11-6-2-1-5-10(11)14(19)20/h1-9H,(H,19,20). The molecule has 8 nitrogen and oxygen atoms in total. The van der Waals surface area contributed by atoms with E-state index in [0.29, 0.717) is 0 Å². The van der Waals surface area contributed by atoms with Crippen LogP contribution in [0.5, 0.6) is 0 Å². The summed E-state index contributed by atoms with van der Waals surface area (Å²) in [6.07, 6.45) is 0. The van der Waals surface area contributed by atoms with Crippen molar-refractivity contribution in [2.75, 3.05) is 0 Å². The molecule has 0 saturated heterocycles. The molecule has 2 aromatic rings. The maximum Gasteiger partial charge on any atom is 0.346 e. The molecule has 126 valence electrons. The van der Waals surface area contributed by atoms with Gasteiger partial charge < -0.3 is 14.6 Å². The number of hydrogen-bond acceptors (Lipinski definition) is 7. The molecule has 0 bridgehead atoms. The summed E-state index contributed by atoms with van der Waals surface area (Å²) < 4.78 is 8.81. The maximum atomic E-state index is 12.2. The summed E-state index contributed by atoms with van der Waals surface area (Å²) in [5, 5.41) is 9.05. The number of rotatable bonds is 5. The first kappa shape index (κ1) is 17.5. The summed E-state index contributed by atoms with van der Waals surface area (Å²) in [5.41, 5.74) is -1.25. The molecular formula is C17H10O8. The molecule has 0 aromatic heterocycles. The molecular weight excluding hydrogens is 332 g/mol. The van der Waals surface area contributed by atoms with Crippen molar-refractivity contribution in [1.29, 1.82) is 0 Å². The molecule has 0 heterocycles. The monoisotopic (exact) mass is 342 g/mol. The van der Waals surface area contributed by atoms with Gasteiger partial charge in [0.15, 0.2) is 0 Å². The van der Waals surface area contributed by atoms with Crippen LogP contribution < -0.4 is 0 Å². The minimum absolute atomic E-state index is 0.0985. The molecule has 0 aliphatic rings. The van der Waals surface area contributed by atoms with Gasteiger partial charge in [-0.1, -0.05) is 24.3 Å². The van der Waals surface area contributed by atoms with E-state index in [-0.39, 0.29) is 28.7 Å². The Hall–Kier alpha value is -3.81. The summed E-state index contributed by atoms with van der Waals surface area (Å²) in [6.45, 7) is -0.0985. The van der Waals surface area contributed by atoms with Crippen molar-refractivity contribution in [2.24, 2.45) is 0 Å². The molecule has 25 heavy (non-hydrogen) atoms. The molecule has 1 N–H and O–H groups in total. The minimum Gasteiger partial charge on any atom is -0.478 e. The van der Waals surface area contributed by atoms with Gasteiger partial charge in [0.1, 0.15) is 0 Å². The zero-order valence-electron chi connectivity index (χ0n) is 12.5. The number of esters is 3. The number of carboxylic acid groups (broad SMARTS) is 1. The highest BCUT2D eigenvalue weighted by molar-refractivity contribution is 6.11. The zero-order chi connectivity index (χ0) is 18.4. The van der Waals surface area contributed by atoms with Crippen LogP contribution in [0.4, 0.5) is 0 Å². The van der Waals surface area contributed by atoms with Crippen LogP contribution in [0.25, 0.3) is 0 Å². The van der Waals surface area contributed by atoms with Crippen LogP contribution in [0.3, 0.4) is 0 Å². The van der Waals surface area contributed by atoms with Crippen molar-refractivity contribution >= 4 is 30.3 Å². The van der Waals surface area contributed by atoms with Crippen molar-refractivity contribution < 1.29 is 38.6 Å². The Morgan fingerprint density at radius 2 is 1.12 bits per heavy atom. The van der Waals surface area contributed by atoms with E-state index in [1.807, 2.05) is 0 Å². The molecule has 0 aliphatic heterocycles. The van der Waals surface area contributed by atoms with E-state index < -0.39 is 23.9 Å². The van der Waals surface area contributed by atoms with Crippen LogP contribution in [-0.2, 0) is 14.3 Å². The fourth-order valence-electron chi connectivity index (χ4n) is 1.99. The number of carbonyl (C=O) groups is 5. The van der Waals surface area contributed by atoms with Crippen LogP contribution >= 0.6 is 0 Å². The summed E-state index contributed by atoms with van der Waals surface area (Å²) in [6, 6.07) is 10.4. The lowest BCUT2D eigenvalue weighted by Gasteiger charge is -2.08. The molecule has 0 fully saturated rings. The predicted molar refractivity (Wildman–Crippen MR) is 81.1 cm³/mol. The Balaban J connectivity index is 2.29. The van der Waals surface area contributed by atoms with Gasteiger partial charge in [-0.05, 0) is 24.3 Å². The fourth-order valence-corrected chi connectivity index (χ4v) is 1.99. The van der Waals surface area contributed by atoms with Gasteiger partial charge in [-0.3, -0.25) is 4.79 Å². The number of carboxylic acids is 1. The first-order chi connectivity index (χ1) is 12.0. The Kier molecular flexibility index (Phi) is 5.36. The Morgan fingerprint density at radius 3 is 1.56 bits per heavy atom. The van der Waals surface area contributed by atoms with Gasteiger partial charge in [-0.25, -0.2) is 19.2 Å². The van der Waals surface area contributed by atoms with Crippen molar-refractivity contribution in [1.82, 2.24) is 0 Å². The van der Waals surface area contributed by atoms with E-state index in [1.165, 1.54) is 48.5 Å². The van der Waals surface area contributed by atoms with Crippen LogP contribution in [0.1, 0.15) is 41.4 Å². The summed E-state index contributed by atoms with van der Waals surface area (Å²) in [7, 11) is 0. The molecule has 0 saturated carbocycles. The first-order valence-corrected chi connectivity index (χ1v) is 6.78. The predicted octanol–water partition coefficient (Wildman–Crippen LogP) is 1.70. The van der Waals surface area contributed by atoms with Crippen molar-refractivity contribution in [3.05, 3.63) is 70.8 Å². The second-order valence-corrected chi connectivity index (χ2v) is 4.57. The van der Waals surface area contributed by atoms with Gasteiger partial charge in [-0.15, -0.1) is 0 Å². The number of aromatic carboxylic acids is 1. The summed E-state index contributed by atoms with van der Waals surface area (Å²) in [5.74, 6) is -4.85. The lowest BCUT2D eigenvalue weighted by Crippen LogP contribution is -2.18. The van der Waals surface area contributed by atoms with Gasteiger partial charge in [-0.2, -0.15) is 0 Å². The Morgan fingerprint density at radius 1 is 0.720 bits per heavy atom. The zero-order valence-corrected chi connectivity index (χ0v) is 12.5. The van der Waals surface area contributed by atoms with E-state index in [0.717, 1.165) is 0 Å². The van der Waals surface area contributed by atoms with Gasteiger partial charge in [0, 0.05) is 0 Å². The Labute approximate surface area is 140 Å². The number of carbonyl (C=O) groups excluding carboxylic acids is 4. The van der Waals surface area contributed by atoms with E-state index in [1.54, 1.807) is 0 Å². The van der Waals surface area contributed by atoms with E-state index in [2.05, 4.69) is 9.47 Å². The molecule has 0 unspecified atom stereocenters. The minimum atomic E-state index is -1.37. The van der Waals surface area contributed by atoms with Crippen molar-refractivity contribution in [3.63, 3.8) is 0 Å². The molecule has 0 atom stereocenters. The molecule has 8 heteroatoms. The largest absolute Gasteiger partial charge is 0.478 e. The normalized spacial score (nSPS) is 9.76. The highest BCUT2D eigenvalue weighted by Crippen LogP contribution is 2.15. The third-order valence-corrected chi connectivity index (χ3v) is 3.08. The SMILES string of the molecule is O=COC(=O)c1ccccc1C(=O)OC(=O)c1ccccc1C(=O)O. The highest BCUT2D eigenvalue weighted by Gasteiger charge is 2.24. The number of benzene rings is 2.